The lowest BCUT2D eigenvalue weighted by molar-refractivity contribution is 0.400. The molecule has 4 aromatic rings. The summed E-state index contributed by atoms with van der Waals surface area (Å²) in [5.41, 5.74) is 1.13. The van der Waals surface area contributed by atoms with Crippen molar-refractivity contribution in [2.45, 2.75) is 17.9 Å². The Morgan fingerprint density at radius 1 is 0.903 bits per heavy atom. The third kappa shape index (κ3) is 4.70. The molecule has 0 saturated carbocycles. The summed E-state index contributed by atoms with van der Waals surface area (Å²) < 4.78 is 41.2. The molecule has 1 heterocycles. The molecule has 8 heteroatoms. The van der Waals surface area contributed by atoms with Crippen molar-refractivity contribution in [3.63, 3.8) is 0 Å². The second-order valence-electron chi connectivity index (χ2n) is 7.06. The fraction of sp³-hybridized carbons (Fsp3) is 0.130. The van der Waals surface area contributed by atoms with Gasteiger partial charge in [0.15, 0.2) is 0 Å². The molecule has 0 unspecified atom stereocenters. The zero-order valence-electron chi connectivity index (χ0n) is 16.5. The van der Waals surface area contributed by atoms with Crippen LogP contribution in [0.5, 0.6) is 0 Å². The Balaban J connectivity index is 1.69. The number of para-hydroxylation sites is 1. The number of nitrogens with zero attached hydrogens (tertiary/aromatic N) is 2. The zero-order chi connectivity index (χ0) is 21.8. The Labute approximate surface area is 179 Å². The Hall–Kier alpha value is -3.36. The molecule has 1 aromatic heterocycles. The van der Waals surface area contributed by atoms with Crippen molar-refractivity contribution in [3.8, 4) is 0 Å². The lowest BCUT2D eigenvalue weighted by Gasteiger charge is -2.22. The van der Waals surface area contributed by atoms with Gasteiger partial charge in [-0.1, -0.05) is 42.5 Å². The molecule has 158 valence electrons. The summed E-state index contributed by atoms with van der Waals surface area (Å²) in [5, 5.41) is 0.434. The second-order valence-corrected chi connectivity index (χ2v) is 9.00. The summed E-state index contributed by atoms with van der Waals surface area (Å²) in [6.45, 7) is 0.0485. The minimum Gasteiger partial charge on any atom is -0.309 e. The normalized spacial score (nSPS) is 11.8. The van der Waals surface area contributed by atoms with Crippen LogP contribution < -0.4 is 5.56 Å². The number of benzene rings is 3. The highest BCUT2D eigenvalue weighted by Crippen LogP contribution is 2.19. The molecule has 0 aliphatic heterocycles. The minimum absolute atomic E-state index is 0.0231. The number of aromatic nitrogens is 2. The first kappa shape index (κ1) is 20.9. The Morgan fingerprint density at radius 3 is 2.32 bits per heavy atom. The van der Waals surface area contributed by atoms with Gasteiger partial charge in [-0.3, -0.25) is 4.79 Å². The molecule has 0 fully saturated rings. The van der Waals surface area contributed by atoms with E-state index >= 15 is 0 Å². The lowest BCUT2D eigenvalue weighted by atomic mass is 10.1. The molecular formula is C23H20FN3O3S. The molecule has 0 spiro atoms. The number of hydrogen-bond acceptors (Lipinski definition) is 4. The number of nitrogens with one attached hydrogen (secondary N) is 1. The minimum atomic E-state index is -3.95. The van der Waals surface area contributed by atoms with Crippen LogP contribution in [0.3, 0.4) is 0 Å². The molecule has 6 nitrogen and oxygen atoms in total. The monoisotopic (exact) mass is 437 g/mol. The molecule has 0 aliphatic rings. The third-order valence-electron chi connectivity index (χ3n) is 4.93. The Kier molecular flexibility index (Phi) is 5.92. The van der Waals surface area contributed by atoms with Crippen molar-refractivity contribution in [1.82, 2.24) is 14.3 Å². The molecule has 3 aromatic carbocycles. The highest BCUT2D eigenvalue weighted by Gasteiger charge is 2.25. The van der Waals surface area contributed by atoms with Gasteiger partial charge in [-0.05, 0) is 48.4 Å². The van der Waals surface area contributed by atoms with Crippen molar-refractivity contribution in [2.75, 3.05) is 6.54 Å². The van der Waals surface area contributed by atoms with E-state index in [4.69, 9.17) is 0 Å². The van der Waals surface area contributed by atoms with Crippen LogP contribution in [0, 0.1) is 5.82 Å². The summed E-state index contributed by atoms with van der Waals surface area (Å²) in [4.78, 5) is 19.5. The highest BCUT2D eigenvalue weighted by molar-refractivity contribution is 7.89. The topological polar surface area (TPSA) is 83.1 Å². The lowest BCUT2D eigenvalue weighted by Crippen LogP contribution is -2.34. The van der Waals surface area contributed by atoms with Crippen LogP contribution in [-0.4, -0.2) is 29.2 Å². The quantitative estimate of drug-likeness (QED) is 0.480. The fourth-order valence-electron chi connectivity index (χ4n) is 3.32. The number of sulfonamides is 1. The van der Waals surface area contributed by atoms with E-state index < -0.39 is 15.8 Å². The van der Waals surface area contributed by atoms with Gasteiger partial charge in [0.2, 0.25) is 10.0 Å². The molecule has 4 rings (SSSR count). The van der Waals surface area contributed by atoms with E-state index in [0.29, 0.717) is 17.3 Å². The van der Waals surface area contributed by atoms with Crippen molar-refractivity contribution >= 4 is 20.9 Å². The van der Waals surface area contributed by atoms with Gasteiger partial charge in [0.1, 0.15) is 11.6 Å². The maximum atomic E-state index is 13.3. The molecule has 1 N–H and O–H groups in total. The summed E-state index contributed by atoms with van der Waals surface area (Å²) in [6.07, 6.45) is 0.471. The van der Waals surface area contributed by atoms with Gasteiger partial charge in [0.25, 0.3) is 5.56 Å². The summed E-state index contributed by atoms with van der Waals surface area (Å²) >= 11 is 0. The molecule has 0 radical (unpaired) electrons. The van der Waals surface area contributed by atoms with Crippen molar-refractivity contribution in [3.05, 3.63) is 106 Å². The number of hydrogen-bond donors (Lipinski definition) is 1. The van der Waals surface area contributed by atoms with Crippen LogP contribution in [0.4, 0.5) is 4.39 Å². The van der Waals surface area contributed by atoms with Crippen LogP contribution in [0.15, 0.2) is 88.6 Å². The summed E-state index contributed by atoms with van der Waals surface area (Å²) in [7, 11) is -3.95. The first-order valence-electron chi connectivity index (χ1n) is 9.71. The predicted octanol–water partition coefficient (Wildman–Crippen LogP) is 3.50. The van der Waals surface area contributed by atoms with Gasteiger partial charge in [0.05, 0.1) is 22.3 Å². The largest absolute Gasteiger partial charge is 0.309 e. The van der Waals surface area contributed by atoms with Crippen LogP contribution >= 0.6 is 0 Å². The molecule has 0 saturated heterocycles. The van der Waals surface area contributed by atoms with Crippen molar-refractivity contribution in [1.29, 1.82) is 0 Å². The summed E-state index contributed by atoms with van der Waals surface area (Å²) in [6, 6.07) is 21.0. The van der Waals surface area contributed by atoms with Crippen molar-refractivity contribution in [2.24, 2.45) is 0 Å². The average Bonchev–Trinajstić information content (AvgIpc) is 2.77. The third-order valence-corrected chi connectivity index (χ3v) is 6.79. The first-order chi connectivity index (χ1) is 14.9. The predicted molar refractivity (Wildman–Crippen MR) is 117 cm³/mol. The van der Waals surface area contributed by atoms with Crippen molar-refractivity contribution < 1.29 is 12.8 Å². The van der Waals surface area contributed by atoms with E-state index in [1.807, 2.05) is 30.3 Å². The van der Waals surface area contributed by atoms with Gasteiger partial charge in [-0.25, -0.2) is 17.8 Å². The van der Waals surface area contributed by atoms with E-state index in [0.717, 1.165) is 17.7 Å². The Bertz CT molecular complexity index is 1350. The van der Waals surface area contributed by atoms with Gasteiger partial charge in [-0.2, -0.15) is 4.31 Å². The van der Waals surface area contributed by atoms with Gasteiger partial charge < -0.3 is 4.98 Å². The van der Waals surface area contributed by atoms with E-state index in [1.165, 1.54) is 16.4 Å². The molecule has 0 aliphatic carbocycles. The van der Waals surface area contributed by atoms with Crippen LogP contribution in [0.1, 0.15) is 11.4 Å². The van der Waals surface area contributed by atoms with E-state index in [-0.39, 0.29) is 29.4 Å². The molecular weight excluding hydrogens is 417 g/mol. The molecule has 0 atom stereocenters. The standard InChI is InChI=1S/C23H20FN3O3S/c24-18-10-12-19(13-11-18)31(29,30)27(15-14-17-6-2-1-3-7-17)16-22-25-21-9-5-4-8-20(21)23(28)26-22/h1-13H,14-16H2,(H,25,26,28). The fourth-order valence-corrected chi connectivity index (χ4v) is 4.72. The number of rotatable bonds is 7. The van der Waals surface area contributed by atoms with Gasteiger partial charge in [-0.15, -0.1) is 0 Å². The van der Waals surface area contributed by atoms with Crippen LogP contribution in [0.2, 0.25) is 0 Å². The number of H-pyrrole nitrogens is 1. The van der Waals surface area contributed by atoms with E-state index in [2.05, 4.69) is 9.97 Å². The highest BCUT2D eigenvalue weighted by atomic mass is 32.2. The summed E-state index contributed by atoms with van der Waals surface area (Å²) in [5.74, 6) is -0.280. The Morgan fingerprint density at radius 2 is 1.58 bits per heavy atom. The number of fused-ring (bicyclic) bond motifs is 1. The maximum Gasteiger partial charge on any atom is 0.258 e. The SMILES string of the molecule is O=c1[nH]c(CN(CCc2ccccc2)S(=O)(=O)c2ccc(F)cc2)nc2ccccc12. The van der Waals surface area contributed by atoms with Crippen LogP contribution in [0.25, 0.3) is 10.9 Å². The molecule has 0 amide bonds. The van der Waals surface area contributed by atoms with Gasteiger partial charge >= 0.3 is 0 Å². The molecule has 0 bridgehead atoms. The zero-order valence-corrected chi connectivity index (χ0v) is 17.3. The van der Waals surface area contributed by atoms with Gasteiger partial charge in [0, 0.05) is 6.54 Å². The molecule has 31 heavy (non-hydrogen) atoms. The van der Waals surface area contributed by atoms with E-state index in [9.17, 15) is 17.6 Å². The average molecular weight is 437 g/mol. The van der Waals surface area contributed by atoms with Crippen LogP contribution in [-0.2, 0) is 23.0 Å². The smallest absolute Gasteiger partial charge is 0.258 e. The maximum absolute atomic E-state index is 13.3. The number of halogens is 1. The second kappa shape index (κ2) is 8.79. The first-order valence-corrected chi connectivity index (χ1v) is 11.1. The van der Waals surface area contributed by atoms with E-state index in [1.54, 1.807) is 24.3 Å². The number of aromatic amines is 1.